The van der Waals surface area contributed by atoms with E-state index in [1.165, 1.54) is 32.1 Å². The first-order valence-electron chi connectivity index (χ1n) is 8.57. The van der Waals surface area contributed by atoms with Crippen LogP contribution in [0.5, 0.6) is 0 Å². The van der Waals surface area contributed by atoms with Gasteiger partial charge >= 0.3 is 0 Å². The molecule has 0 radical (unpaired) electrons. The molecule has 0 aliphatic heterocycles. The summed E-state index contributed by atoms with van der Waals surface area (Å²) < 4.78 is 0. The average molecular weight is 269 g/mol. The first-order valence-corrected chi connectivity index (χ1v) is 8.57. The van der Waals surface area contributed by atoms with E-state index in [-0.39, 0.29) is 0 Å². The maximum Gasteiger partial charge on any atom is -0.0295 e. The fourth-order valence-electron chi connectivity index (χ4n) is 3.62. The molecule has 0 rings (SSSR count). The standard InChI is InChI=1S/C19H40/c1-10-12-13-15(3)14-17(11-2)19(8,9)16(4)18(5,6)7/h15-17H,10-14H2,1-9H3. The van der Waals surface area contributed by atoms with Crippen LogP contribution >= 0.6 is 0 Å². The Labute approximate surface area is 123 Å². The Bertz CT molecular complexity index is 231. The van der Waals surface area contributed by atoms with Gasteiger partial charge in [-0.05, 0) is 35.0 Å². The second kappa shape index (κ2) is 7.70. The van der Waals surface area contributed by atoms with Crippen molar-refractivity contribution < 1.29 is 0 Å². The minimum absolute atomic E-state index is 0.406. The molecule has 0 saturated carbocycles. The Hall–Kier alpha value is 0. The van der Waals surface area contributed by atoms with Crippen molar-refractivity contribution in [1.29, 1.82) is 0 Å². The zero-order chi connectivity index (χ0) is 15.3. The lowest BCUT2D eigenvalue weighted by Gasteiger charge is -2.46. The molecular formula is C19H40. The molecule has 0 aromatic carbocycles. The molecule has 0 bridgehead atoms. The summed E-state index contributed by atoms with van der Waals surface area (Å²) in [5.41, 5.74) is 0.844. The molecule has 0 nitrogen and oxygen atoms in total. The summed E-state index contributed by atoms with van der Waals surface area (Å²) in [6, 6.07) is 0. The topological polar surface area (TPSA) is 0 Å². The molecule has 0 heteroatoms. The molecule has 0 aromatic heterocycles. The van der Waals surface area contributed by atoms with E-state index in [0.29, 0.717) is 10.8 Å². The number of hydrogen-bond acceptors (Lipinski definition) is 0. The zero-order valence-corrected chi connectivity index (χ0v) is 15.3. The predicted molar refractivity (Wildman–Crippen MR) is 89.5 cm³/mol. The van der Waals surface area contributed by atoms with Crippen LogP contribution in [0.15, 0.2) is 0 Å². The monoisotopic (exact) mass is 268 g/mol. The smallest absolute Gasteiger partial charge is 0.0295 e. The quantitative estimate of drug-likeness (QED) is 0.447. The largest absolute Gasteiger partial charge is 0.0654 e. The summed E-state index contributed by atoms with van der Waals surface area (Å²) in [5.74, 6) is 2.49. The van der Waals surface area contributed by atoms with E-state index in [1.54, 1.807) is 0 Å². The van der Waals surface area contributed by atoms with Gasteiger partial charge in [-0.25, -0.2) is 0 Å². The highest BCUT2D eigenvalue weighted by molar-refractivity contribution is 4.88. The van der Waals surface area contributed by atoms with Gasteiger partial charge < -0.3 is 0 Å². The summed E-state index contributed by atoms with van der Waals surface area (Å²) >= 11 is 0. The molecule has 0 aliphatic rings. The van der Waals surface area contributed by atoms with Gasteiger partial charge in [0.2, 0.25) is 0 Å². The highest BCUT2D eigenvalue weighted by atomic mass is 14.4. The minimum atomic E-state index is 0.406. The molecule has 19 heavy (non-hydrogen) atoms. The second-order valence-electron chi connectivity index (χ2n) is 8.50. The lowest BCUT2D eigenvalue weighted by atomic mass is 9.59. The first-order chi connectivity index (χ1) is 8.57. The van der Waals surface area contributed by atoms with Crippen LogP contribution < -0.4 is 0 Å². The third-order valence-corrected chi connectivity index (χ3v) is 5.70. The third kappa shape index (κ3) is 5.88. The fourth-order valence-corrected chi connectivity index (χ4v) is 3.62. The van der Waals surface area contributed by atoms with E-state index in [9.17, 15) is 0 Å². The Morgan fingerprint density at radius 1 is 0.895 bits per heavy atom. The van der Waals surface area contributed by atoms with Gasteiger partial charge in [0.15, 0.2) is 0 Å². The summed E-state index contributed by atoms with van der Waals surface area (Å²) in [4.78, 5) is 0. The van der Waals surface area contributed by atoms with Crippen LogP contribution in [0.1, 0.15) is 94.4 Å². The molecule has 0 amide bonds. The maximum atomic E-state index is 2.50. The van der Waals surface area contributed by atoms with Crippen molar-refractivity contribution in [3.05, 3.63) is 0 Å². The molecule has 0 heterocycles. The van der Waals surface area contributed by atoms with Gasteiger partial charge in [-0.1, -0.05) is 88.0 Å². The second-order valence-corrected chi connectivity index (χ2v) is 8.50. The van der Waals surface area contributed by atoms with Crippen LogP contribution in [-0.2, 0) is 0 Å². The van der Waals surface area contributed by atoms with Crippen molar-refractivity contribution in [2.45, 2.75) is 94.4 Å². The number of hydrogen-bond donors (Lipinski definition) is 0. The van der Waals surface area contributed by atoms with Gasteiger partial charge in [-0.3, -0.25) is 0 Å². The fraction of sp³-hybridized carbons (Fsp3) is 1.00. The van der Waals surface area contributed by atoms with Crippen LogP contribution in [0.2, 0.25) is 0 Å². The van der Waals surface area contributed by atoms with Crippen molar-refractivity contribution in [1.82, 2.24) is 0 Å². The van der Waals surface area contributed by atoms with Gasteiger partial charge in [0.25, 0.3) is 0 Å². The molecule has 0 saturated heterocycles. The summed E-state index contributed by atoms with van der Waals surface area (Å²) in [7, 11) is 0. The molecule has 0 fully saturated rings. The molecule has 0 spiro atoms. The molecule has 0 aromatic rings. The van der Waals surface area contributed by atoms with Crippen LogP contribution in [0.4, 0.5) is 0 Å². The Kier molecular flexibility index (Phi) is 7.70. The van der Waals surface area contributed by atoms with Crippen molar-refractivity contribution in [2.75, 3.05) is 0 Å². The SMILES string of the molecule is CCCCC(C)CC(CC)C(C)(C)C(C)C(C)(C)C. The Morgan fingerprint density at radius 2 is 1.42 bits per heavy atom. The minimum Gasteiger partial charge on any atom is -0.0654 e. The van der Waals surface area contributed by atoms with Crippen molar-refractivity contribution in [3.63, 3.8) is 0 Å². The summed E-state index contributed by atoms with van der Waals surface area (Å²) in [6.07, 6.45) is 6.87. The summed E-state index contributed by atoms with van der Waals surface area (Å²) in [5, 5.41) is 0. The molecule has 3 atom stereocenters. The van der Waals surface area contributed by atoms with Crippen LogP contribution in [0.3, 0.4) is 0 Å². The lowest BCUT2D eigenvalue weighted by Crippen LogP contribution is -2.38. The van der Waals surface area contributed by atoms with E-state index >= 15 is 0 Å². The number of rotatable bonds is 8. The average Bonchev–Trinajstić information content (AvgIpc) is 2.30. The molecule has 0 N–H and O–H groups in total. The normalized spacial score (nSPS) is 18.2. The van der Waals surface area contributed by atoms with E-state index < -0.39 is 0 Å². The lowest BCUT2D eigenvalue weighted by molar-refractivity contribution is 0.0311. The first kappa shape index (κ1) is 19.0. The maximum absolute atomic E-state index is 2.50. The Balaban J connectivity index is 4.73. The highest BCUT2D eigenvalue weighted by Crippen LogP contribution is 2.47. The number of unbranched alkanes of at least 4 members (excludes halogenated alkanes) is 1. The Morgan fingerprint density at radius 3 is 1.79 bits per heavy atom. The van der Waals surface area contributed by atoms with Crippen molar-refractivity contribution in [3.8, 4) is 0 Å². The molecule has 0 aliphatic carbocycles. The molecule has 3 unspecified atom stereocenters. The molecule has 116 valence electrons. The van der Waals surface area contributed by atoms with E-state index in [0.717, 1.165) is 17.8 Å². The van der Waals surface area contributed by atoms with Crippen LogP contribution in [-0.4, -0.2) is 0 Å². The van der Waals surface area contributed by atoms with E-state index in [1.807, 2.05) is 0 Å². The third-order valence-electron chi connectivity index (χ3n) is 5.70. The summed E-state index contributed by atoms with van der Waals surface area (Å²) in [6.45, 7) is 21.8. The van der Waals surface area contributed by atoms with Crippen LogP contribution in [0.25, 0.3) is 0 Å². The van der Waals surface area contributed by atoms with Gasteiger partial charge in [0, 0.05) is 0 Å². The van der Waals surface area contributed by atoms with Gasteiger partial charge in [-0.15, -0.1) is 0 Å². The zero-order valence-electron chi connectivity index (χ0n) is 15.3. The van der Waals surface area contributed by atoms with Crippen molar-refractivity contribution in [2.24, 2.45) is 28.6 Å². The predicted octanol–water partition coefficient (Wildman–Crippen LogP) is 6.94. The van der Waals surface area contributed by atoms with Crippen LogP contribution in [0, 0.1) is 28.6 Å². The van der Waals surface area contributed by atoms with Gasteiger partial charge in [0.05, 0.1) is 0 Å². The highest BCUT2D eigenvalue weighted by Gasteiger charge is 2.39. The van der Waals surface area contributed by atoms with E-state index in [2.05, 4.69) is 62.3 Å². The van der Waals surface area contributed by atoms with Crippen molar-refractivity contribution >= 4 is 0 Å². The molecular weight excluding hydrogens is 228 g/mol. The van der Waals surface area contributed by atoms with Gasteiger partial charge in [0.1, 0.15) is 0 Å². The van der Waals surface area contributed by atoms with E-state index in [4.69, 9.17) is 0 Å². The van der Waals surface area contributed by atoms with Gasteiger partial charge in [-0.2, -0.15) is 0 Å².